The number of aliphatic hydroxyl groups is 1. The van der Waals surface area contributed by atoms with Gasteiger partial charge in [-0.3, -0.25) is 0 Å². The van der Waals surface area contributed by atoms with Gasteiger partial charge in [-0.05, 0) is 51.5 Å². The molecule has 1 N–H and O–H groups in total. The summed E-state index contributed by atoms with van der Waals surface area (Å²) in [6.07, 6.45) is 1.61. The first kappa shape index (κ1) is 14.6. The first-order valence-corrected chi connectivity index (χ1v) is 8.03. The normalized spacial score (nSPS) is 12.4. The second-order valence-electron chi connectivity index (χ2n) is 4.31. The number of hydrogen-bond donors (Lipinski definition) is 1. The molecular formula is C15H17BrO2S. The third-order valence-electron chi connectivity index (χ3n) is 2.86. The Labute approximate surface area is 126 Å². The van der Waals surface area contributed by atoms with Gasteiger partial charge < -0.3 is 9.84 Å². The maximum absolute atomic E-state index is 10.3. The van der Waals surface area contributed by atoms with Crippen molar-refractivity contribution in [1.29, 1.82) is 0 Å². The summed E-state index contributed by atoms with van der Waals surface area (Å²) in [5, 5.41) is 12.3. The molecule has 2 nitrogen and oxygen atoms in total. The standard InChI is InChI=1S/C15H17BrO2S/c1-2-3-9-18-12-6-4-11(5-7-12)14(17)15-13(16)8-10-19-15/h4-8,10,14,17H,2-3,9H2,1H3. The highest BCUT2D eigenvalue weighted by molar-refractivity contribution is 9.10. The van der Waals surface area contributed by atoms with Gasteiger partial charge in [-0.1, -0.05) is 25.5 Å². The van der Waals surface area contributed by atoms with Gasteiger partial charge in [0.05, 0.1) is 11.5 Å². The van der Waals surface area contributed by atoms with Gasteiger partial charge in [-0.25, -0.2) is 0 Å². The van der Waals surface area contributed by atoms with Gasteiger partial charge in [0.1, 0.15) is 11.9 Å². The van der Waals surface area contributed by atoms with Crippen molar-refractivity contribution in [3.8, 4) is 5.75 Å². The molecule has 1 aromatic carbocycles. The summed E-state index contributed by atoms with van der Waals surface area (Å²) >= 11 is 4.99. The van der Waals surface area contributed by atoms with Crippen LogP contribution < -0.4 is 4.74 Å². The molecule has 2 rings (SSSR count). The lowest BCUT2D eigenvalue weighted by molar-refractivity contribution is 0.223. The number of ether oxygens (including phenoxy) is 1. The molecule has 0 spiro atoms. The maximum atomic E-state index is 10.3. The van der Waals surface area contributed by atoms with Crippen molar-refractivity contribution in [3.05, 3.63) is 50.6 Å². The first-order valence-electron chi connectivity index (χ1n) is 6.36. The molecule has 4 heteroatoms. The van der Waals surface area contributed by atoms with E-state index in [9.17, 15) is 5.11 Å². The Morgan fingerprint density at radius 1 is 1.26 bits per heavy atom. The topological polar surface area (TPSA) is 29.5 Å². The van der Waals surface area contributed by atoms with E-state index in [2.05, 4.69) is 22.9 Å². The number of benzene rings is 1. The Morgan fingerprint density at radius 2 is 2.00 bits per heavy atom. The fourth-order valence-corrected chi connectivity index (χ4v) is 3.33. The first-order chi connectivity index (χ1) is 9.22. The molecule has 0 saturated heterocycles. The third kappa shape index (κ3) is 3.81. The molecule has 0 radical (unpaired) electrons. The molecule has 0 aliphatic rings. The minimum absolute atomic E-state index is 0.584. The average Bonchev–Trinajstić information content (AvgIpc) is 2.85. The van der Waals surface area contributed by atoms with Gasteiger partial charge in [-0.2, -0.15) is 0 Å². The Morgan fingerprint density at radius 3 is 2.58 bits per heavy atom. The van der Waals surface area contributed by atoms with Crippen molar-refractivity contribution in [1.82, 2.24) is 0 Å². The van der Waals surface area contributed by atoms with Gasteiger partial charge in [0.2, 0.25) is 0 Å². The molecule has 1 unspecified atom stereocenters. The van der Waals surface area contributed by atoms with Crippen LogP contribution in [0.25, 0.3) is 0 Å². The number of thiophene rings is 1. The van der Waals surface area contributed by atoms with Crippen LogP contribution in [-0.4, -0.2) is 11.7 Å². The predicted molar refractivity (Wildman–Crippen MR) is 82.9 cm³/mol. The second kappa shape index (κ2) is 7.08. The zero-order valence-corrected chi connectivity index (χ0v) is 13.2. The number of aliphatic hydroxyl groups excluding tert-OH is 1. The Kier molecular flexibility index (Phi) is 5.43. The van der Waals surface area contributed by atoms with Crippen LogP contribution in [0.5, 0.6) is 5.75 Å². The molecule has 1 heterocycles. The molecule has 1 atom stereocenters. The van der Waals surface area contributed by atoms with E-state index in [-0.39, 0.29) is 0 Å². The van der Waals surface area contributed by atoms with Crippen LogP contribution >= 0.6 is 27.3 Å². The third-order valence-corrected chi connectivity index (χ3v) is 4.78. The average molecular weight is 341 g/mol. The Balaban J connectivity index is 2.04. The van der Waals surface area contributed by atoms with Crippen LogP contribution in [0, 0.1) is 0 Å². The number of hydrogen-bond acceptors (Lipinski definition) is 3. The lowest BCUT2D eigenvalue weighted by atomic mass is 10.1. The number of unbranched alkanes of at least 4 members (excludes halogenated alkanes) is 1. The van der Waals surface area contributed by atoms with E-state index >= 15 is 0 Å². The van der Waals surface area contributed by atoms with Crippen LogP contribution in [0.1, 0.15) is 36.3 Å². The zero-order chi connectivity index (χ0) is 13.7. The van der Waals surface area contributed by atoms with Crippen LogP contribution in [0.2, 0.25) is 0 Å². The van der Waals surface area contributed by atoms with E-state index in [1.54, 1.807) is 11.3 Å². The fraction of sp³-hybridized carbons (Fsp3) is 0.333. The predicted octanol–water partition coefficient (Wildman–Crippen LogP) is 4.77. The Bertz CT molecular complexity index is 507. The van der Waals surface area contributed by atoms with E-state index in [0.717, 1.165) is 40.1 Å². The maximum Gasteiger partial charge on any atom is 0.119 e. The number of rotatable bonds is 6. The fourth-order valence-electron chi connectivity index (χ4n) is 1.73. The molecular weight excluding hydrogens is 324 g/mol. The summed E-state index contributed by atoms with van der Waals surface area (Å²) in [4.78, 5) is 0.930. The minimum atomic E-state index is -0.584. The molecule has 0 fully saturated rings. The Hall–Kier alpha value is -0.840. The summed E-state index contributed by atoms with van der Waals surface area (Å²) in [6.45, 7) is 2.89. The van der Waals surface area contributed by atoms with E-state index in [1.807, 2.05) is 35.7 Å². The molecule has 19 heavy (non-hydrogen) atoms. The van der Waals surface area contributed by atoms with E-state index < -0.39 is 6.10 Å². The van der Waals surface area contributed by atoms with Gasteiger partial charge in [-0.15, -0.1) is 11.3 Å². The quantitative estimate of drug-likeness (QED) is 0.767. The van der Waals surface area contributed by atoms with Crippen LogP contribution in [0.15, 0.2) is 40.2 Å². The summed E-state index contributed by atoms with van der Waals surface area (Å²) in [5.41, 5.74) is 0.881. The molecule has 1 aromatic heterocycles. The summed E-state index contributed by atoms with van der Waals surface area (Å²) < 4.78 is 6.56. The van der Waals surface area contributed by atoms with Crippen molar-refractivity contribution < 1.29 is 9.84 Å². The van der Waals surface area contributed by atoms with Gasteiger partial charge in [0.25, 0.3) is 0 Å². The van der Waals surface area contributed by atoms with Crippen LogP contribution in [0.3, 0.4) is 0 Å². The van der Waals surface area contributed by atoms with Crippen molar-refractivity contribution >= 4 is 27.3 Å². The van der Waals surface area contributed by atoms with Gasteiger partial charge >= 0.3 is 0 Å². The molecule has 0 aliphatic heterocycles. The largest absolute Gasteiger partial charge is 0.494 e. The van der Waals surface area contributed by atoms with E-state index in [0.29, 0.717) is 0 Å². The summed E-state index contributed by atoms with van der Waals surface area (Å²) in [5.74, 6) is 0.856. The monoisotopic (exact) mass is 340 g/mol. The van der Waals surface area contributed by atoms with Gasteiger partial charge in [0.15, 0.2) is 0 Å². The SMILES string of the molecule is CCCCOc1ccc(C(O)c2sccc2Br)cc1. The van der Waals surface area contributed by atoms with Gasteiger partial charge in [0, 0.05) is 4.47 Å². The molecule has 0 amide bonds. The van der Waals surface area contributed by atoms with Crippen molar-refractivity contribution in [3.63, 3.8) is 0 Å². The van der Waals surface area contributed by atoms with E-state index in [1.165, 1.54) is 0 Å². The molecule has 0 saturated carbocycles. The molecule has 2 aromatic rings. The lowest BCUT2D eigenvalue weighted by Crippen LogP contribution is -1.99. The lowest BCUT2D eigenvalue weighted by Gasteiger charge is -2.11. The highest BCUT2D eigenvalue weighted by Crippen LogP contribution is 2.33. The zero-order valence-electron chi connectivity index (χ0n) is 10.8. The summed E-state index contributed by atoms with van der Waals surface area (Å²) in [6, 6.07) is 9.60. The minimum Gasteiger partial charge on any atom is -0.494 e. The summed E-state index contributed by atoms with van der Waals surface area (Å²) in [7, 11) is 0. The number of halogens is 1. The second-order valence-corrected chi connectivity index (χ2v) is 6.11. The smallest absolute Gasteiger partial charge is 0.119 e. The van der Waals surface area contributed by atoms with Crippen molar-refractivity contribution in [2.45, 2.75) is 25.9 Å². The highest BCUT2D eigenvalue weighted by Gasteiger charge is 2.14. The molecule has 102 valence electrons. The van der Waals surface area contributed by atoms with Crippen molar-refractivity contribution in [2.24, 2.45) is 0 Å². The van der Waals surface area contributed by atoms with Crippen LogP contribution in [-0.2, 0) is 0 Å². The highest BCUT2D eigenvalue weighted by atomic mass is 79.9. The van der Waals surface area contributed by atoms with Crippen molar-refractivity contribution in [2.75, 3.05) is 6.61 Å². The van der Waals surface area contributed by atoms with Crippen LogP contribution in [0.4, 0.5) is 0 Å². The molecule has 0 bridgehead atoms. The molecule has 0 aliphatic carbocycles. The van der Waals surface area contributed by atoms with E-state index in [4.69, 9.17) is 4.74 Å².